The molecular formula is C21H27N5O4. The van der Waals surface area contributed by atoms with Gasteiger partial charge in [0.1, 0.15) is 12.0 Å². The molecule has 2 aromatic rings. The first-order valence-corrected chi connectivity index (χ1v) is 10.00. The van der Waals surface area contributed by atoms with E-state index in [0.717, 1.165) is 49.3 Å². The molecule has 0 radical (unpaired) electrons. The number of benzene rings is 1. The Morgan fingerprint density at radius 2 is 2.07 bits per heavy atom. The number of nitrogens with one attached hydrogen (secondary N) is 1. The molecule has 9 nitrogen and oxygen atoms in total. The van der Waals surface area contributed by atoms with E-state index in [9.17, 15) is 14.7 Å². The lowest BCUT2D eigenvalue weighted by atomic mass is 9.87. The third kappa shape index (κ3) is 5.74. The molecule has 160 valence electrons. The van der Waals surface area contributed by atoms with Crippen LogP contribution in [0.4, 0.5) is 4.79 Å². The van der Waals surface area contributed by atoms with Gasteiger partial charge in [0.25, 0.3) is 0 Å². The van der Waals surface area contributed by atoms with E-state index in [1.165, 1.54) is 0 Å². The Morgan fingerprint density at radius 1 is 1.33 bits per heavy atom. The van der Waals surface area contributed by atoms with Gasteiger partial charge >= 0.3 is 12.1 Å². The number of carboxylic acid groups (broad SMARTS) is 1. The van der Waals surface area contributed by atoms with Gasteiger partial charge in [-0.3, -0.25) is 4.90 Å². The molecule has 9 heteroatoms. The summed E-state index contributed by atoms with van der Waals surface area (Å²) < 4.78 is 5.70. The molecule has 1 aromatic heterocycles. The number of aromatic nitrogens is 2. The smallest absolute Gasteiger partial charge is 0.422 e. The second-order valence-electron chi connectivity index (χ2n) is 7.24. The Labute approximate surface area is 175 Å². The van der Waals surface area contributed by atoms with Crippen molar-refractivity contribution in [2.75, 3.05) is 20.1 Å². The highest BCUT2D eigenvalue weighted by atomic mass is 16.5. The average Bonchev–Trinajstić information content (AvgIpc) is 2.75. The molecule has 0 spiro atoms. The van der Waals surface area contributed by atoms with Crippen LogP contribution in [0.5, 0.6) is 11.8 Å². The number of hydrogen-bond donors (Lipinski definition) is 2. The fourth-order valence-electron chi connectivity index (χ4n) is 3.92. The zero-order valence-corrected chi connectivity index (χ0v) is 17.0. The van der Waals surface area contributed by atoms with Crippen molar-refractivity contribution in [3.05, 3.63) is 48.3 Å². The fraction of sp³-hybridized carbons (Fsp3) is 0.429. The molecule has 1 amide bonds. The highest BCUT2D eigenvalue weighted by Gasteiger charge is 2.32. The van der Waals surface area contributed by atoms with E-state index in [2.05, 4.69) is 20.3 Å². The van der Waals surface area contributed by atoms with Crippen molar-refractivity contribution in [3.63, 3.8) is 0 Å². The van der Waals surface area contributed by atoms with E-state index in [-0.39, 0.29) is 18.4 Å². The van der Waals surface area contributed by atoms with Crippen LogP contribution in [0.1, 0.15) is 24.8 Å². The summed E-state index contributed by atoms with van der Waals surface area (Å²) in [4.78, 5) is 33.0. The summed E-state index contributed by atoms with van der Waals surface area (Å²) in [7, 11) is 1.57. The fourth-order valence-corrected chi connectivity index (χ4v) is 3.92. The van der Waals surface area contributed by atoms with Crippen LogP contribution in [0.3, 0.4) is 0 Å². The van der Waals surface area contributed by atoms with E-state index in [4.69, 9.17) is 4.74 Å². The third-order valence-corrected chi connectivity index (χ3v) is 5.35. The largest absolute Gasteiger partial charge is 0.464 e. The lowest BCUT2D eigenvalue weighted by Gasteiger charge is -2.39. The molecular weight excluding hydrogens is 386 g/mol. The van der Waals surface area contributed by atoms with Crippen LogP contribution < -0.4 is 10.2 Å². The molecule has 1 aliphatic heterocycles. The molecule has 3 rings (SSSR count). The molecule has 2 heterocycles. The van der Waals surface area contributed by atoms with Crippen LogP contribution in [0.25, 0.3) is 0 Å². The van der Waals surface area contributed by atoms with Gasteiger partial charge in [-0.15, -0.1) is 0 Å². The quantitative estimate of drug-likeness (QED) is 0.477. The second-order valence-corrected chi connectivity index (χ2v) is 7.24. The maximum Gasteiger partial charge on any atom is 0.422 e. The van der Waals surface area contributed by atoms with Crippen LogP contribution in [0.15, 0.2) is 42.7 Å². The standard InChI is InChI=1S/C21H27N5O4/c1-22-26(21(28)29)19(8-13-27)17-6-11-25(12-7-17)15-16-4-2-5-18(14-16)30-20-23-9-3-10-24-20/h2-5,9-10,13-14,17,19,22H,6-8,11-12,15H2,1H3,(H,28,29). The van der Waals surface area contributed by atoms with Gasteiger partial charge in [-0.2, -0.15) is 0 Å². The summed E-state index contributed by atoms with van der Waals surface area (Å²) in [6, 6.07) is 9.53. The van der Waals surface area contributed by atoms with Crippen molar-refractivity contribution in [2.24, 2.45) is 5.92 Å². The SMILES string of the molecule is CNN(C(=O)O)C(CC=O)C1CCN(Cc2cccc(Oc3ncccn3)c2)CC1. The van der Waals surface area contributed by atoms with Crippen LogP contribution in [-0.2, 0) is 11.3 Å². The number of amides is 1. The van der Waals surface area contributed by atoms with E-state index in [0.29, 0.717) is 11.8 Å². The molecule has 1 aliphatic rings. The Hall–Kier alpha value is -3.04. The van der Waals surface area contributed by atoms with Crippen LogP contribution in [0.2, 0.25) is 0 Å². The predicted octanol–water partition coefficient (Wildman–Crippen LogP) is 2.55. The summed E-state index contributed by atoms with van der Waals surface area (Å²) in [5.41, 5.74) is 3.82. The Kier molecular flexibility index (Phi) is 7.69. The molecule has 1 unspecified atom stereocenters. The minimum atomic E-state index is -1.06. The molecule has 1 fully saturated rings. The van der Waals surface area contributed by atoms with Crippen molar-refractivity contribution >= 4 is 12.4 Å². The topological polar surface area (TPSA) is 108 Å². The molecule has 0 saturated carbocycles. The zero-order valence-electron chi connectivity index (χ0n) is 17.0. The lowest BCUT2D eigenvalue weighted by Crippen LogP contribution is -2.52. The van der Waals surface area contributed by atoms with Gasteiger partial charge in [0.05, 0.1) is 6.04 Å². The monoisotopic (exact) mass is 413 g/mol. The Bertz CT molecular complexity index is 827. The number of piperidine rings is 1. The molecule has 2 N–H and O–H groups in total. The van der Waals surface area contributed by atoms with Crippen LogP contribution >= 0.6 is 0 Å². The van der Waals surface area contributed by atoms with E-state index in [1.54, 1.807) is 25.5 Å². The average molecular weight is 413 g/mol. The van der Waals surface area contributed by atoms with Crippen molar-refractivity contribution in [1.82, 2.24) is 25.3 Å². The number of rotatable bonds is 9. The molecule has 0 bridgehead atoms. The van der Waals surface area contributed by atoms with Gasteiger partial charge < -0.3 is 14.6 Å². The maximum absolute atomic E-state index is 11.5. The first-order valence-electron chi connectivity index (χ1n) is 10.00. The Morgan fingerprint density at radius 3 is 2.70 bits per heavy atom. The Balaban J connectivity index is 1.57. The van der Waals surface area contributed by atoms with Gasteiger partial charge in [0.2, 0.25) is 0 Å². The highest BCUT2D eigenvalue weighted by molar-refractivity contribution is 5.65. The number of carbonyl (C=O) groups is 2. The molecule has 1 atom stereocenters. The highest BCUT2D eigenvalue weighted by Crippen LogP contribution is 2.27. The zero-order chi connectivity index (χ0) is 21.3. The second kappa shape index (κ2) is 10.7. The lowest BCUT2D eigenvalue weighted by molar-refractivity contribution is -0.109. The summed E-state index contributed by atoms with van der Waals surface area (Å²) in [6.45, 7) is 2.45. The van der Waals surface area contributed by atoms with Crippen LogP contribution in [0, 0.1) is 5.92 Å². The van der Waals surface area contributed by atoms with Crippen LogP contribution in [-0.4, -0.2) is 63.5 Å². The molecule has 30 heavy (non-hydrogen) atoms. The number of nitrogens with zero attached hydrogens (tertiary/aromatic N) is 4. The minimum Gasteiger partial charge on any atom is -0.464 e. The van der Waals surface area contributed by atoms with Crippen molar-refractivity contribution in [3.8, 4) is 11.8 Å². The third-order valence-electron chi connectivity index (χ3n) is 5.35. The first-order chi connectivity index (χ1) is 14.6. The van der Waals surface area contributed by atoms with Crippen molar-refractivity contribution < 1.29 is 19.4 Å². The summed E-state index contributed by atoms with van der Waals surface area (Å²) in [5.74, 6) is 0.825. The number of likely N-dealkylation sites (tertiary alicyclic amines) is 1. The minimum absolute atomic E-state index is 0.139. The molecule has 1 aromatic carbocycles. The van der Waals surface area contributed by atoms with Gasteiger partial charge in [-0.1, -0.05) is 12.1 Å². The van der Waals surface area contributed by atoms with E-state index in [1.807, 2.05) is 24.3 Å². The normalized spacial score (nSPS) is 16.0. The number of carbonyl (C=O) groups excluding carboxylic acids is 1. The maximum atomic E-state index is 11.5. The molecule has 1 saturated heterocycles. The summed E-state index contributed by atoms with van der Waals surface area (Å²) in [5, 5.41) is 10.5. The van der Waals surface area contributed by atoms with Gasteiger partial charge in [-0.25, -0.2) is 25.2 Å². The number of aldehydes is 1. The summed E-state index contributed by atoms with van der Waals surface area (Å²) >= 11 is 0. The first kappa shape index (κ1) is 21.7. The van der Waals surface area contributed by atoms with E-state index >= 15 is 0 Å². The summed E-state index contributed by atoms with van der Waals surface area (Å²) in [6.07, 6.45) is 4.86. The van der Waals surface area contributed by atoms with Gasteiger partial charge in [0.15, 0.2) is 0 Å². The number of hydrazine groups is 1. The molecule has 0 aliphatic carbocycles. The van der Waals surface area contributed by atoms with E-state index < -0.39 is 6.09 Å². The van der Waals surface area contributed by atoms with Crippen molar-refractivity contribution in [2.45, 2.75) is 31.8 Å². The predicted molar refractivity (Wildman–Crippen MR) is 110 cm³/mol. The number of hydrogen-bond acceptors (Lipinski definition) is 7. The van der Waals surface area contributed by atoms with Gasteiger partial charge in [0, 0.05) is 32.4 Å². The van der Waals surface area contributed by atoms with Crippen molar-refractivity contribution in [1.29, 1.82) is 0 Å². The number of ether oxygens (including phenoxy) is 1. The van der Waals surface area contributed by atoms with Gasteiger partial charge in [-0.05, 0) is 55.6 Å².